The van der Waals surface area contributed by atoms with Crippen LogP contribution >= 0.6 is 23.9 Å². The Morgan fingerprint density at radius 1 is 1.12 bits per heavy atom. The molecule has 0 aliphatic rings. The van der Waals surface area contributed by atoms with E-state index in [-0.39, 0.29) is 27.5 Å². The summed E-state index contributed by atoms with van der Waals surface area (Å²) < 4.78 is 52.8. The summed E-state index contributed by atoms with van der Waals surface area (Å²) in [6, 6.07) is 11.3. The lowest BCUT2D eigenvalue weighted by Crippen LogP contribution is -2.32. The van der Waals surface area contributed by atoms with Gasteiger partial charge in [-0.1, -0.05) is 12.1 Å². The van der Waals surface area contributed by atoms with E-state index in [1.165, 1.54) is 67.8 Å². The minimum Gasteiger partial charge on any atom is -0.478 e. The summed E-state index contributed by atoms with van der Waals surface area (Å²) in [5.41, 5.74) is 1.11. The number of nitrogens with zero attached hydrogens (tertiary/aromatic N) is 2. The third kappa shape index (κ3) is 6.29. The molecule has 0 atom stereocenters. The molecule has 32 heavy (non-hydrogen) atoms. The van der Waals surface area contributed by atoms with Gasteiger partial charge in [-0.25, -0.2) is 12.8 Å². The quantitative estimate of drug-likeness (QED) is 0.339. The summed E-state index contributed by atoms with van der Waals surface area (Å²) in [5.74, 6) is -0.781. The molecule has 0 saturated heterocycles. The highest BCUT2D eigenvalue weighted by atomic mass is 32.2. The van der Waals surface area contributed by atoms with Gasteiger partial charge >= 0.3 is 0 Å². The fourth-order valence-corrected chi connectivity index (χ4v) is 4.10. The van der Waals surface area contributed by atoms with Crippen molar-refractivity contribution in [3.05, 3.63) is 66.0 Å². The Bertz CT molecular complexity index is 1240. The molecular formula is C19H16FN5O4S3. The fraction of sp³-hybridized carbons (Fsp3) is 0.0526. The normalized spacial score (nSPS) is 11.2. The van der Waals surface area contributed by atoms with Crippen LogP contribution in [0.3, 0.4) is 0 Å². The first-order chi connectivity index (χ1) is 15.3. The van der Waals surface area contributed by atoms with E-state index in [4.69, 9.17) is 17.0 Å². The number of sulfonamides is 1. The predicted octanol–water partition coefficient (Wildman–Crippen LogP) is 3.01. The third-order valence-electron chi connectivity index (χ3n) is 3.84. The minimum atomic E-state index is -3.91. The number of carbonyl (C=O) groups is 1. The van der Waals surface area contributed by atoms with Gasteiger partial charge in [-0.15, -0.1) is 4.37 Å². The Hall–Kier alpha value is -3.42. The van der Waals surface area contributed by atoms with E-state index in [9.17, 15) is 17.6 Å². The largest absolute Gasteiger partial charge is 0.478 e. The summed E-state index contributed by atoms with van der Waals surface area (Å²) in [4.78, 5) is 11.9. The van der Waals surface area contributed by atoms with E-state index < -0.39 is 15.9 Å². The topological polar surface area (TPSA) is 122 Å². The average Bonchev–Trinajstić information content (AvgIpc) is 3.20. The molecule has 2 aromatic carbocycles. The van der Waals surface area contributed by atoms with Gasteiger partial charge in [0.2, 0.25) is 11.7 Å². The summed E-state index contributed by atoms with van der Waals surface area (Å²) in [6.45, 7) is 0. The molecule has 0 aliphatic heterocycles. The van der Waals surface area contributed by atoms with Gasteiger partial charge in [-0.3, -0.25) is 14.8 Å². The number of thiocarbonyl (C=S) groups is 1. The van der Waals surface area contributed by atoms with Crippen LogP contribution in [-0.4, -0.2) is 35.3 Å². The van der Waals surface area contributed by atoms with Gasteiger partial charge in [0.15, 0.2) is 5.11 Å². The number of nitrogens with one attached hydrogen (secondary N) is 3. The number of hydrogen-bond acceptors (Lipinski definition) is 8. The Morgan fingerprint density at radius 2 is 1.81 bits per heavy atom. The van der Waals surface area contributed by atoms with Crippen LogP contribution in [0.5, 0.6) is 5.88 Å². The summed E-state index contributed by atoms with van der Waals surface area (Å²) in [6.07, 6.45) is 2.76. The van der Waals surface area contributed by atoms with E-state index in [2.05, 4.69) is 24.1 Å². The van der Waals surface area contributed by atoms with E-state index in [0.29, 0.717) is 11.3 Å². The highest BCUT2D eigenvalue weighted by Gasteiger charge is 2.19. The molecule has 3 rings (SSSR count). The van der Waals surface area contributed by atoms with Gasteiger partial charge in [0.05, 0.1) is 23.7 Å². The highest BCUT2D eigenvalue weighted by Crippen LogP contribution is 2.24. The van der Waals surface area contributed by atoms with Crippen molar-refractivity contribution >= 4 is 62.6 Å². The van der Waals surface area contributed by atoms with E-state index in [0.717, 1.165) is 11.7 Å². The second-order valence-electron chi connectivity index (χ2n) is 6.08. The molecule has 3 aromatic rings. The number of benzene rings is 2. The zero-order valence-corrected chi connectivity index (χ0v) is 18.9. The molecule has 3 N–H and O–H groups in total. The molecule has 0 bridgehead atoms. The number of aromatic nitrogens is 2. The second kappa shape index (κ2) is 10.3. The van der Waals surface area contributed by atoms with E-state index in [1.807, 2.05) is 0 Å². The average molecular weight is 494 g/mol. The van der Waals surface area contributed by atoms with Crippen molar-refractivity contribution in [2.24, 2.45) is 0 Å². The lowest BCUT2D eigenvalue weighted by molar-refractivity contribution is -0.115. The van der Waals surface area contributed by atoms with Crippen LogP contribution in [0.1, 0.15) is 5.56 Å². The predicted molar refractivity (Wildman–Crippen MR) is 124 cm³/mol. The molecule has 166 valence electrons. The maximum absolute atomic E-state index is 12.9. The van der Waals surface area contributed by atoms with Crippen molar-refractivity contribution < 1.29 is 22.3 Å². The fourth-order valence-electron chi connectivity index (χ4n) is 2.34. The van der Waals surface area contributed by atoms with Crippen molar-refractivity contribution in [1.29, 1.82) is 0 Å². The molecule has 0 fully saturated rings. The highest BCUT2D eigenvalue weighted by molar-refractivity contribution is 7.92. The van der Waals surface area contributed by atoms with Gasteiger partial charge in [-0.2, -0.15) is 4.37 Å². The number of rotatable bonds is 7. The molecule has 0 spiro atoms. The van der Waals surface area contributed by atoms with Crippen molar-refractivity contribution in [1.82, 2.24) is 14.1 Å². The maximum atomic E-state index is 12.9. The zero-order chi connectivity index (χ0) is 23.1. The molecule has 13 heteroatoms. The number of anilines is 2. The lowest BCUT2D eigenvalue weighted by atomic mass is 10.2. The summed E-state index contributed by atoms with van der Waals surface area (Å²) in [5, 5.41) is 5.26. The van der Waals surface area contributed by atoms with Gasteiger partial charge in [0.1, 0.15) is 5.82 Å². The Balaban J connectivity index is 1.57. The monoisotopic (exact) mass is 493 g/mol. The molecule has 1 heterocycles. The molecule has 0 saturated carbocycles. The second-order valence-corrected chi connectivity index (χ2v) is 8.70. The third-order valence-corrected chi connectivity index (χ3v) is 5.91. The number of carbonyl (C=O) groups excluding carboxylic acids is 1. The molecule has 9 nitrogen and oxygen atoms in total. The van der Waals surface area contributed by atoms with Crippen LogP contribution in [0.4, 0.5) is 15.9 Å². The smallest absolute Gasteiger partial charge is 0.271 e. The summed E-state index contributed by atoms with van der Waals surface area (Å²) >= 11 is 5.90. The van der Waals surface area contributed by atoms with Crippen LogP contribution in [-0.2, 0) is 14.8 Å². The van der Waals surface area contributed by atoms with Crippen LogP contribution in [0.2, 0.25) is 0 Å². The van der Waals surface area contributed by atoms with E-state index in [1.54, 1.807) is 0 Å². The molecule has 1 amide bonds. The van der Waals surface area contributed by atoms with Gasteiger partial charge in [-0.05, 0) is 60.3 Å². The molecule has 0 radical (unpaired) electrons. The van der Waals surface area contributed by atoms with Crippen LogP contribution in [0.25, 0.3) is 6.08 Å². The number of ether oxygens (including phenoxy) is 1. The van der Waals surface area contributed by atoms with Crippen LogP contribution < -0.4 is 20.1 Å². The molecule has 0 unspecified atom stereocenters. The zero-order valence-electron chi connectivity index (χ0n) is 16.4. The number of amides is 1. The number of methoxy groups -OCH3 is 1. The maximum Gasteiger partial charge on any atom is 0.271 e. The molecule has 0 aliphatic carbocycles. The first-order valence-electron chi connectivity index (χ1n) is 8.82. The first kappa shape index (κ1) is 23.2. The van der Waals surface area contributed by atoms with Gasteiger partial charge < -0.3 is 10.1 Å². The van der Waals surface area contributed by atoms with Crippen molar-refractivity contribution in [3.63, 3.8) is 0 Å². The van der Waals surface area contributed by atoms with E-state index >= 15 is 0 Å². The standard InChI is InChI=1S/C19H16FN5O4S3/c1-29-18-17(23-31-24-18)25-32(27,28)15-9-7-14(8-10-15)21-19(30)22-16(26)11-4-12-2-5-13(20)6-3-12/h2-11H,1H3,(H,23,25)(H2,21,22,26,30). The Labute approximate surface area is 192 Å². The van der Waals surface area contributed by atoms with Crippen LogP contribution in [0, 0.1) is 5.82 Å². The van der Waals surface area contributed by atoms with Gasteiger partial charge in [0, 0.05) is 11.8 Å². The first-order valence-corrected chi connectivity index (χ1v) is 11.4. The van der Waals surface area contributed by atoms with Crippen molar-refractivity contribution in [2.45, 2.75) is 4.90 Å². The Kier molecular flexibility index (Phi) is 7.45. The SMILES string of the molecule is COc1nsnc1NS(=O)(=O)c1ccc(NC(=S)NC(=O)C=Cc2ccc(F)cc2)cc1. The minimum absolute atomic E-state index is 0.00252. The van der Waals surface area contributed by atoms with Gasteiger partial charge in [0.25, 0.3) is 15.9 Å². The lowest BCUT2D eigenvalue weighted by Gasteiger charge is -2.10. The summed E-state index contributed by atoms with van der Waals surface area (Å²) in [7, 11) is -2.55. The number of halogens is 1. The van der Waals surface area contributed by atoms with Crippen molar-refractivity contribution in [3.8, 4) is 5.88 Å². The number of hydrogen-bond donors (Lipinski definition) is 3. The van der Waals surface area contributed by atoms with Crippen LogP contribution in [0.15, 0.2) is 59.5 Å². The van der Waals surface area contributed by atoms with Crippen molar-refractivity contribution in [2.75, 3.05) is 17.1 Å². The molecule has 1 aromatic heterocycles. The Morgan fingerprint density at radius 3 is 2.47 bits per heavy atom. The molecular weight excluding hydrogens is 477 g/mol.